The van der Waals surface area contributed by atoms with Crippen molar-refractivity contribution in [2.24, 2.45) is 0 Å². The highest BCUT2D eigenvalue weighted by molar-refractivity contribution is 9.10. The van der Waals surface area contributed by atoms with Gasteiger partial charge in [0.25, 0.3) is 5.91 Å². The standard InChI is InChI=1S/C10H14BrN3O/c1-3-4-5-13-6-14-8(11)7(2)12-9(14)10(13)15/h3-6H2,1-2H3. The van der Waals surface area contributed by atoms with Crippen molar-refractivity contribution in [3.05, 3.63) is 16.1 Å². The van der Waals surface area contributed by atoms with Crippen molar-refractivity contribution in [3.8, 4) is 0 Å². The smallest absolute Gasteiger partial charge is 0.291 e. The lowest BCUT2D eigenvalue weighted by Gasteiger charge is -2.14. The summed E-state index contributed by atoms with van der Waals surface area (Å²) in [4.78, 5) is 18.0. The molecule has 2 rings (SSSR count). The van der Waals surface area contributed by atoms with Crippen LogP contribution < -0.4 is 0 Å². The van der Waals surface area contributed by atoms with Gasteiger partial charge in [-0.25, -0.2) is 4.98 Å². The van der Waals surface area contributed by atoms with Crippen molar-refractivity contribution in [1.29, 1.82) is 0 Å². The number of unbranched alkanes of at least 4 members (excludes halogenated alkanes) is 1. The molecule has 0 spiro atoms. The molecule has 0 N–H and O–H groups in total. The predicted molar refractivity (Wildman–Crippen MR) is 60.6 cm³/mol. The van der Waals surface area contributed by atoms with E-state index >= 15 is 0 Å². The normalized spacial score (nSPS) is 14.9. The quantitative estimate of drug-likeness (QED) is 0.845. The van der Waals surface area contributed by atoms with E-state index in [9.17, 15) is 4.79 Å². The SMILES string of the molecule is CCCCN1Cn2c(nc(C)c2Br)C1=O. The van der Waals surface area contributed by atoms with Crippen LogP contribution >= 0.6 is 15.9 Å². The third-order valence-electron chi connectivity index (χ3n) is 2.64. The average Bonchev–Trinajstić information content (AvgIpc) is 2.66. The van der Waals surface area contributed by atoms with Crippen LogP contribution in [0.3, 0.4) is 0 Å². The Labute approximate surface area is 97.4 Å². The Hall–Kier alpha value is -0.840. The van der Waals surface area contributed by atoms with Gasteiger partial charge < -0.3 is 4.90 Å². The van der Waals surface area contributed by atoms with Gasteiger partial charge >= 0.3 is 0 Å². The average molecular weight is 272 g/mol. The maximum Gasteiger partial charge on any atom is 0.291 e. The summed E-state index contributed by atoms with van der Waals surface area (Å²) >= 11 is 3.45. The fourth-order valence-corrected chi connectivity index (χ4v) is 2.11. The van der Waals surface area contributed by atoms with Gasteiger partial charge in [0.15, 0.2) is 0 Å². The van der Waals surface area contributed by atoms with E-state index in [2.05, 4.69) is 27.8 Å². The minimum Gasteiger partial charge on any atom is -0.318 e. The summed E-state index contributed by atoms with van der Waals surface area (Å²) in [6.07, 6.45) is 2.15. The highest BCUT2D eigenvalue weighted by Gasteiger charge is 2.30. The molecule has 1 aliphatic rings. The molecule has 0 saturated carbocycles. The van der Waals surface area contributed by atoms with E-state index in [1.807, 2.05) is 16.4 Å². The van der Waals surface area contributed by atoms with Gasteiger partial charge in [-0.3, -0.25) is 9.36 Å². The van der Waals surface area contributed by atoms with E-state index in [1.165, 1.54) is 0 Å². The highest BCUT2D eigenvalue weighted by Crippen LogP contribution is 2.24. The number of rotatable bonds is 3. The van der Waals surface area contributed by atoms with Crippen LogP contribution in [0.1, 0.15) is 36.1 Å². The van der Waals surface area contributed by atoms with E-state index < -0.39 is 0 Å². The van der Waals surface area contributed by atoms with Crippen molar-refractivity contribution in [3.63, 3.8) is 0 Å². The second kappa shape index (κ2) is 3.96. The molecular formula is C10H14BrN3O. The molecule has 0 bridgehead atoms. The largest absolute Gasteiger partial charge is 0.318 e. The summed E-state index contributed by atoms with van der Waals surface area (Å²) in [7, 11) is 0. The third kappa shape index (κ3) is 1.69. The van der Waals surface area contributed by atoms with Crippen molar-refractivity contribution < 1.29 is 4.79 Å². The summed E-state index contributed by atoms with van der Waals surface area (Å²) in [6, 6.07) is 0. The number of aromatic nitrogens is 2. The second-order valence-electron chi connectivity index (χ2n) is 3.80. The Morgan fingerprint density at radius 2 is 2.27 bits per heavy atom. The van der Waals surface area contributed by atoms with Gasteiger partial charge in [-0.2, -0.15) is 0 Å². The maximum atomic E-state index is 11.9. The van der Waals surface area contributed by atoms with Gasteiger partial charge in [0.2, 0.25) is 5.82 Å². The topological polar surface area (TPSA) is 38.1 Å². The fourth-order valence-electron chi connectivity index (χ4n) is 1.74. The van der Waals surface area contributed by atoms with Crippen LogP contribution in [0.2, 0.25) is 0 Å². The molecule has 4 nitrogen and oxygen atoms in total. The molecule has 1 aromatic heterocycles. The minimum absolute atomic E-state index is 0.0530. The molecule has 0 unspecified atom stereocenters. The first-order chi connectivity index (χ1) is 7.15. The van der Waals surface area contributed by atoms with E-state index in [0.29, 0.717) is 12.5 Å². The van der Waals surface area contributed by atoms with Gasteiger partial charge in [0.1, 0.15) is 11.3 Å². The summed E-state index contributed by atoms with van der Waals surface area (Å²) < 4.78 is 2.85. The predicted octanol–water partition coefficient (Wildman–Crippen LogP) is 2.17. The Morgan fingerprint density at radius 3 is 2.87 bits per heavy atom. The van der Waals surface area contributed by atoms with Crippen molar-refractivity contribution >= 4 is 21.8 Å². The molecule has 1 aliphatic heterocycles. The molecule has 0 fully saturated rings. The van der Waals surface area contributed by atoms with Crippen molar-refractivity contribution in [2.75, 3.05) is 6.54 Å². The first-order valence-electron chi connectivity index (χ1n) is 5.17. The number of aryl methyl sites for hydroxylation is 1. The molecule has 1 amide bonds. The molecule has 0 radical (unpaired) electrons. The molecule has 5 heteroatoms. The molecular weight excluding hydrogens is 258 g/mol. The van der Waals surface area contributed by atoms with Crippen LogP contribution in [0.25, 0.3) is 0 Å². The summed E-state index contributed by atoms with van der Waals surface area (Å²) in [6.45, 7) is 5.48. The van der Waals surface area contributed by atoms with Crippen LogP contribution in [-0.4, -0.2) is 26.9 Å². The Kier molecular flexibility index (Phi) is 2.82. The summed E-state index contributed by atoms with van der Waals surface area (Å²) in [5.74, 6) is 0.618. The van der Waals surface area contributed by atoms with Crippen molar-refractivity contribution in [2.45, 2.75) is 33.4 Å². The van der Waals surface area contributed by atoms with E-state index in [4.69, 9.17) is 0 Å². The van der Waals surface area contributed by atoms with E-state index in [1.54, 1.807) is 0 Å². The minimum atomic E-state index is 0.0530. The zero-order chi connectivity index (χ0) is 11.0. The zero-order valence-electron chi connectivity index (χ0n) is 8.96. The third-order valence-corrected chi connectivity index (χ3v) is 3.64. The number of fused-ring (bicyclic) bond motifs is 1. The molecule has 0 saturated heterocycles. The molecule has 15 heavy (non-hydrogen) atoms. The number of imidazole rings is 1. The number of hydrogen-bond donors (Lipinski definition) is 0. The number of hydrogen-bond acceptors (Lipinski definition) is 2. The Bertz CT molecular complexity index is 400. The molecule has 1 aromatic rings. The van der Waals surface area contributed by atoms with Crippen LogP contribution in [0, 0.1) is 6.92 Å². The van der Waals surface area contributed by atoms with Gasteiger partial charge in [0.05, 0.1) is 5.69 Å². The molecule has 82 valence electrons. The second-order valence-corrected chi connectivity index (χ2v) is 4.55. The lowest BCUT2D eigenvalue weighted by Crippen LogP contribution is -2.26. The van der Waals surface area contributed by atoms with E-state index in [0.717, 1.165) is 29.7 Å². The van der Waals surface area contributed by atoms with Crippen LogP contribution in [0.4, 0.5) is 0 Å². The summed E-state index contributed by atoms with van der Waals surface area (Å²) in [5, 5.41) is 0. The molecule has 0 aliphatic carbocycles. The molecule has 0 aromatic carbocycles. The number of halogens is 1. The number of amides is 1. The maximum absolute atomic E-state index is 11.9. The highest BCUT2D eigenvalue weighted by atomic mass is 79.9. The van der Waals surface area contributed by atoms with Gasteiger partial charge in [-0.15, -0.1) is 0 Å². The Morgan fingerprint density at radius 1 is 1.53 bits per heavy atom. The lowest BCUT2D eigenvalue weighted by atomic mass is 10.3. The van der Waals surface area contributed by atoms with E-state index in [-0.39, 0.29) is 5.91 Å². The number of carbonyl (C=O) groups is 1. The monoisotopic (exact) mass is 271 g/mol. The number of carbonyl (C=O) groups excluding carboxylic acids is 1. The first kappa shape index (κ1) is 10.7. The van der Waals surface area contributed by atoms with Gasteiger partial charge in [0, 0.05) is 6.54 Å². The number of nitrogens with zero attached hydrogens (tertiary/aromatic N) is 3. The lowest BCUT2D eigenvalue weighted by molar-refractivity contribution is 0.0763. The van der Waals surface area contributed by atoms with Crippen LogP contribution in [0.15, 0.2) is 4.60 Å². The van der Waals surface area contributed by atoms with Crippen LogP contribution in [-0.2, 0) is 6.67 Å². The van der Waals surface area contributed by atoms with Crippen molar-refractivity contribution in [1.82, 2.24) is 14.5 Å². The summed E-state index contributed by atoms with van der Waals surface area (Å²) in [5.41, 5.74) is 0.883. The van der Waals surface area contributed by atoms with Gasteiger partial charge in [-0.05, 0) is 29.3 Å². The zero-order valence-corrected chi connectivity index (χ0v) is 10.5. The molecule has 0 atom stereocenters. The first-order valence-corrected chi connectivity index (χ1v) is 5.96. The molecule has 2 heterocycles. The fraction of sp³-hybridized carbons (Fsp3) is 0.600. The Balaban J connectivity index is 2.20. The van der Waals surface area contributed by atoms with Gasteiger partial charge in [-0.1, -0.05) is 13.3 Å². The van der Waals surface area contributed by atoms with Crippen LogP contribution in [0.5, 0.6) is 0 Å².